The molecule has 0 heterocycles. The number of nitrogens with one attached hydrogen (secondary N) is 1. The van der Waals surface area contributed by atoms with Crippen molar-refractivity contribution in [3.8, 4) is 0 Å². The Hall–Kier alpha value is -2.04. The molecule has 0 fully saturated rings. The van der Waals surface area contributed by atoms with Gasteiger partial charge in [0.05, 0.1) is 5.56 Å². The molecule has 1 rings (SSSR count). The summed E-state index contributed by atoms with van der Waals surface area (Å²) in [4.78, 5) is 24.5. The largest absolute Gasteiger partial charge is 0.478 e. The maximum absolute atomic E-state index is 11.9. The molecule has 0 aliphatic carbocycles. The Kier molecular flexibility index (Phi) is 5.36. The third kappa shape index (κ3) is 4.28. The van der Waals surface area contributed by atoms with E-state index in [0.717, 1.165) is 5.56 Å². The number of carbonyl (C=O) groups is 2. The van der Waals surface area contributed by atoms with E-state index in [9.17, 15) is 9.59 Å². The summed E-state index contributed by atoms with van der Waals surface area (Å²) in [6.07, 6.45) is 0. The first-order valence-corrected chi connectivity index (χ1v) is 6.32. The van der Waals surface area contributed by atoms with E-state index >= 15 is 0 Å². The molecule has 0 aliphatic heterocycles. The number of carboxylic acids is 1. The highest BCUT2D eigenvalue weighted by atomic mass is 16.4. The van der Waals surface area contributed by atoms with Crippen LogP contribution in [0.3, 0.4) is 0 Å². The van der Waals surface area contributed by atoms with E-state index in [1.807, 2.05) is 20.8 Å². The minimum absolute atomic E-state index is 0.135. The molecule has 0 bridgehead atoms. The van der Waals surface area contributed by atoms with Crippen LogP contribution in [0.15, 0.2) is 24.3 Å². The molecule has 2 amide bonds. The number of carbonyl (C=O) groups excluding carboxylic acids is 1. The Labute approximate surface area is 113 Å². The molecule has 0 aliphatic rings. The second-order valence-corrected chi connectivity index (χ2v) is 4.54. The van der Waals surface area contributed by atoms with E-state index in [-0.39, 0.29) is 17.6 Å². The topological polar surface area (TPSA) is 69.6 Å². The summed E-state index contributed by atoms with van der Waals surface area (Å²) in [5, 5.41) is 11.7. The monoisotopic (exact) mass is 264 g/mol. The molecule has 0 saturated carbocycles. The normalized spacial score (nSPS) is 10.3. The number of hydrogen-bond donors (Lipinski definition) is 2. The fourth-order valence-electron chi connectivity index (χ4n) is 1.84. The smallest absolute Gasteiger partial charge is 0.335 e. The molecule has 19 heavy (non-hydrogen) atoms. The number of amides is 2. The lowest BCUT2D eigenvalue weighted by Gasteiger charge is -2.25. The van der Waals surface area contributed by atoms with Crippen LogP contribution in [0.25, 0.3) is 0 Å². The second kappa shape index (κ2) is 6.78. The maximum atomic E-state index is 11.9. The first kappa shape index (κ1) is 15.0. The van der Waals surface area contributed by atoms with Gasteiger partial charge < -0.3 is 15.3 Å². The minimum Gasteiger partial charge on any atom is -0.478 e. The minimum atomic E-state index is -0.967. The molecule has 5 nitrogen and oxygen atoms in total. The van der Waals surface area contributed by atoms with E-state index in [4.69, 9.17) is 5.11 Å². The van der Waals surface area contributed by atoms with E-state index in [1.54, 1.807) is 23.1 Å². The Balaban J connectivity index is 2.64. The summed E-state index contributed by atoms with van der Waals surface area (Å²) >= 11 is 0. The zero-order valence-electron chi connectivity index (χ0n) is 11.5. The third-order valence-corrected chi connectivity index (χ3v) is 2.84. The van der Waals surface area contributed by atoms with Crippen LogP contribution in [0.5, 0.6) is 0 Å². The average Bonchev–Trinajstić information content (AvgIpc) is 2.37. The van der Waals surface area contributed by atoms with Crippen molar-refractivity contribution in [1.82, 2.24) is 10.2 Å². The lowest BCUT2D eigenvalue weighted by Crippen LogP contribution is -2.43. The number of benzene rings is 1. The van der Waals surface area contributed by atoms with Crippen LogP contribution in [0.1, 0.15) is 36.7 Å². The van der Waals surface area contributed by atoms with Crippen LogP contribution in [0.2, 0.25) is 0 Å². The molecule has 0 atom stereocenters. The molecule has 0 aromatic heterocycles. The predicted octanol–water partition coefficient (Wildman–Crippen LogP) is 2.32. The number of urea groups is 1. The lowest BCUT2D eigenvalue weighted by molar-refractivity contribution is 0.0696. The first-order chi connectivity index (χ1) is 8.95. The molecule has 0 radical (unpaired) electrons. The van der Waals surface area contributed by atoms with Crippen molar-refractivity contribution < 1.29 is 14.7 Å². The summed E-state index contributed by atoms with van der Waals surface area (Å²) in [6, 6.07) is 6.55. The average molecular weight is 264 g/mol. The van der Waals surface area contributed by atoms with Crippen molar-refractivity contribution in [2.45, 2.75) is 33.4 Å². The Bertz CT molecular complexity index is 458. The highest BCUT2D eigenvalue weighted by Crippen LogP contribution is 2.06. The summed E-state index contributed by atoms with van der Waals surface area (Å²) in [6.45, 7) is 6.79. The molecule has 0 saturated heterocycles. The number of hydrogen-bond acceptors (Lipinski definition) is 2. The van der Waals surface area contributed by atoms with Gasteiger partial charge in [0.2, 0.25) is 0 Å². The van der Waals surface area contributed by atoms with Gasteiger partial charge in [0.1, 0.15) is 0 Å². The van der Waals surface area contributed by atoms with Gasteiger partial charge in [-0.05, 0) is 38.5 Å². The molecule has 0 unspecified atom stereocenters. The van der Waals surface area contributed by atoms with Crippen LogP contribution >= 0.6 is 0 Å². The Morgan fingerprint density at radius 3 is 2.58 bits per heavy atom. The molecule has 0 spiro atoms. The zero-order chi connectivity index (χ0) is 14.4. The van der Waals surface area contributed by atoms with E-state index in [1.165, 1.54) is 6.07 Å². The molecule has 1 aromatic carbocycles. The van der Waals surface area contributed by atoms with Gasteiger partial charge in [-0.3, -0.25) is 0 Å². The second-order valence-electron chi connectivity index (χ2n) is 4.54. The van der Waals surface area contributed by atoms with Crippen LogP contribution < -0.4 is 5.32 Å². The molecule has 5 heteroatoms. The van der Waals surface area contributed by atoms with Crippen LogP contribution in [0.4, 0.5) is 4.79 Å². The molecule has 2 N–H and O–H groups in total. The lowest BCUT2D eigenvalue weighted by atomic mass is 10.1. The number of carboxylic acid groups (broad SMARTS) is 1. The van der Waals surface area contributed by atoms with Crippen LogP contribution in [-0.2, 0) is 6.54 Å². The van der Waals surface area contributed by atoms with Crippen molar-refractivity contribution in [3.05, 3.63) is 35.4 Å². The van der Waals surface area contributed by atoms with Crippen LogP contribution in [0, 0.1) is 0 Å². The van der Waals surface area contributed by atoms with Gasteiger partial charge in [0, 0.05) is 19.1 Å². The molecule has 1 aromatic rings. The number of aromatic carboxylic acids is 1. The van der Waals surface area contributed by atoms with Gasteiger partial charge in [-0.1, -0.05) is 12.1 Å². The molecular weight excluding hydrogens is 244 g/mol. The van der Waals surface area contributed by atoms with Gasteiger partial charge in [0.25, 0.3) is 0 Å². The number of nitrogens with zero attached hydrogens (tertiary/aromatic N) is 1. The van der Waals surface area contributed by atoms with Crippen molar-refractivity contribution in [2.75, 3.05) is 6.54 Å². The van der Waals surface area contributed by atoms with Crippen molar-refractivity contribution in [3.63, 3.8) is 0 Å². The SMILES string of the molecule is CCN(C(=O)NCc1cccc(C(=O)O)c1)C(C)C. The quantitative estimate of drug-likeness (QED) is 0.857. The number of rotatable bonds is 5. The fourth-order valence-corrected chi connectivity index (χ4v) is 1.84. The highest BCUT2D eigenvalue weighted by Gasteiger charge is 2.14. The summed E-state index contributed by atoms with van der Waals surface area (Å²) in [5.74, 6) is -0.967. The Morgan fingerprint density at radius 1 is 1.37 bits per heavy atom. The van der Waals surface area contributed by atoms with Crippen molar-refractivity contribution in [2.24, 2.45) is 0 Å². The van der Waals surface area contributed by atoms with Gasteiger partial charge in [-0.15, -0.1) is 0 Å². The van der Waals surface area contributed by atoms with Gasteiger partial charge in [0.15, 0.2) is 0 Å². The summed E-state index contributed by atoms with van der Waals surface area (Å²) in [5.41, 5.74) is 0.996. The van der Waals surface area contributed by atoms with Crippen molar-refractivity contribution in [1.29, 1.82) is 0 Å². The van der Waals surface area contributed by atoms with Gasteiger partial charge >= 0.3 is 12.0 Å². The van der Waals surface area contributed by atoms with Gasteiger partial charge in [-0.2, -0.15) is 0 Å². The van der Waals surface area contributed by atoms with Gasteiger partial charge in [-0.25, -0.2) is 9.59 Å². The van der Waals surface area contributed by atoms with E-state index < -0.39 is 5.97 Å². The van der Waals surface area contributed by atoms with E-state index in [0.29, 0.717) is 13.1 Å². The molecular formula is C14H20N2O3. The summed E-state index contributed by atoms with van der Waals surface area (Å²) in [7, 11) is 0. The van der Waals surface area contributed by atoms with Crippen molar-refractivity contribution >= 4 is 12.0 Å². The zero-order valence-corrected chi connectivity index (χ0v) is 11.5. The summed E-state index contributed by atoms with van der Waals surface area (Å²) < 4.78 is 0. The maximum Gasteiger partial charge on any atom is 0.335 e. The third-order valence-electron chi connectivity index (χ3n) is 2.84. The fraction of sp³-hybridized carbons (Fsp3) is 0.429. The van der Waals surface area contributed by atoms with Crippen LogP contribution in [-0.4, -0.2) is 34.6 Å². The molecule has 104 valence electrons. The Morgan fingerprint density at radius 2 is 2.05 bits per heavy atom. The predicted molar refractivity (Wildman–Crippen MR) is 73.2 cm³/mol. The highest BCUT2D eigenvalue weighted by molar-refractivity contribution is 5.87. The first-order valence-electron chi connectivity index (χ1n) is 6.32. The van der Waals surface area contributed by atoms with E-state index in [2.05, 4.69) is 5.32 Å². The standard InChI is InChI=1S/C14H20N2O3/c1-4-16(10(2)3)14(19)15-9-11-6-5-7-12(8-11)13(17)18/h5-8,10H,4,9H2,1-3H3,(H,15,19)(H,17,18).